The largest absolute Gasteiger partial charge is 0.433 e. The van der Waals surface area contributed by atoms with E-state index >= 15 is 0 Å². The lowest BCUT2D eigenvalue weighted by atomic mass is 9.94. The summed E-state index contributed by atoms with van der Waals surface area (Å²) in [6.07, 6.45) is -5.13. The van der Waals surface area contributed by atoms with Crippen molar-refractivity contribution >= 4 is 5.91 Å². The standard InChI is InChI=1S/C28H24F6N6O2/c29-16-6-14(7-17(30)10-16)8-22(25-18(2-1-5-37-25)15-3-4-21(31)19(9-15)27(35)42)38-24(41)13-40-26(28(32,33)34)20-11-36-12-23(20)39-40/h1-7,9-10,22,24,36,38,41H,8,11-13H2,(H2,35,42)/t22-,24?/m0/s1. The van der Waals surface area contributed by atoms with E-state index in [0.29, 0.717) is 21.9 Å². The predicted octanol–water partition coefficient (Wildman–Crippen LogP) is 3.98. The zero-order chi connectivity index (χ0) is 30.2. The average Bonchev–Trinajstić information content (AvgIpc) is 3.48. The number of benzene rings is 2. The van der Waals surface area contributed by atoms with Gasteiger partial charge in [0.15, 0.2) is 0 Å². The molecule has 1 unspecified atom stereocenters. The lowest BCUT2D eigenvalue weighted by Gasteiger charge is -2.25. The van der Waals surface area contributed by atoms with Gasteiger partial charge in [0.05, 0.1) is 29.5 Å². The molecule has 220 valence electrons. The molecule has 2 aromatic heterocycles. The normalized spacial score (nSPS) is 14.5. The minimum absolute atomic E-state index is 0.00457. The number of aliphatic hydroxyl groups excluding tert-OH is 1. The molecule has 0 radical (unpaired) electrons. The maximum absolute atomic E-state index is 14.2. The van der Waals surface area contributed by atoms with Gasteiger partial charge in [0.25, 0.3) is 5.91 Å². The summed E-state index contributed by atoms with van der Waals surface area (Å²) in [4.78, 5) is 16.1. The van der Waals surface area contributed by atoms with Gasteiger partial charge in [0, 0.05) is 36.5 Å². The third-order valence-electron chi connectivity index (χ3n) is 6.81. The van der Waals surface area contributed by atoms with Gasteiger partial charge in [-0.15, -0.1) is 0 Å². The van der Waals surface area contributed by atoms with Gasteiger partial charge in [-0.2, -0.15) is 18.3 Å². The highest BCUT2D eigenvalue weighted by Gasteiger charge is 2.41. The zero-order valence-electron chi connectivity index (χ0n) is 21.7. The van der Waals surface area contributed by atoms with E-state index in [9.17, 15) is 36.2 Å². The van der Waals surface area contributed by atoms with Crippen LogP contribution in [0.5, 0.6) is 0 Å². The summed E-state index contributed by atoms with van der Waals surface area (Å²) >= 11 is 0. The number of aliphatic hydroxyl groups is 1. The van der Waals surface area contributed by atoms with Crippen molar-refractivity contribution in [3.8, 4) is 11.1 Å². The number of primary amides is 1. The van der Waals surface area contributed by atoms with Gasteiger partial charge in [-0.25, -0.2) is 13.2 Å². The van der Waals surface area contributed by atoms with E-state index in [1.54, 1.807) is 12.1 Å². The highest BCUT2D eigenvalue weighted by Crippen LogP contribution is 2.36. The fraction of sp³-hybridized carbons (Fsp3) is 0.250. The van der Waals surface area contributed by atoms with Gasteiger partial charge in [-0.1, -0.05) is 12.1 Å². The number of alkyl halides is 3. The Kier molecular flexibility index (Phi) is 8.03. The van der Waals surface area contributed by atoms with Crippen LogP contribution in [-0.2, 0) is 32.2 Å². The molecule has 5 N–H and O–H groups in total. The molecule has 4 aromatic rings. The van der Waals surface area contributed by atoms with Crippen LogP contribution in [0.25, 0.3) is 11.1 Å². The van der Waals surface area contributed by atoms with Crippen LogP contribution in [0.1, 0.15) is 44.6 Å². The number of hydrogen-bond acceptors (Lipinski definition) is 6. The number of fused-ring (bicyclic) bond motifs is 1. The maximum atomic E-state index is 14.2. The second-order valence-corrected chi connectivity index (χ2v) is 9.77. The number of pyridine rings is 1. The highest BCUT2D eigenvalue weighted by atomic mass is 19.4. The van der Waals surface area contributed by atoms with E-state index in [0.717, 1.165) is 18.2 Å². The first-order valence-electron chi connectivity index (χ1n) is 12.7. The molecule has 42 heavy (non-hydrogen) atoms. The number of hydrogen-bond donors (Lipinski definition) is 4. The molecule has 0 fully saturated rings. The zero-order valence-corrected chi connectivity index (χ0v) is 21.7. The molecule has 0 spiro atoms. The predicted molar refractivity (Wildman–Crippen MR) is 138 cm³/mol. The molecule has 5 rings (SSSR count). The van der Waals surface area contributed by atoms with E-state index in [4.69, 9.17) is 5.73 Å². The van der Waals surface area contributed by atoms with Crippen LogP contribution in [0.3, 0.4) is 0 Å². The fourth-order valence-electron chi connectivity index (χ4n) is 5.10. The summed E-state index contributed by atoms with van der Waals surface area (Å²) in [5.74, 6) is -3.57. The molecule has 0 saturated heterocycles. The van der Waals surface area contributed by atoms with Crippen LogP contribution >= 0.6 is 0 Å². The molecule has 0 aliphatic carbocycles. The Hall–Kier alpha value is -4.27. The van der Waals surface area contributed by atoms with Crippen molar-refractivity contribution in [3.05, 3.63) is 106 Å². The quantitative estimate of drug-likeness (QED) is 0.173. The summed E-state index contributed by atoms with van der Waals surface area (Å²) in [6, 6.07) is 8.55. The van der Waals surface area contributed by atoms with E-state index in [1.165, 1.54) is 18.3 Å². The third-order valence-corrected chi connectivity index (χ3v) is 6.81. The monoisotopic (exact) mass is 590 g/mol. The number of halogens is 6. The molecule has 0 bridgehead atoms. The van der Waals surface area contributed by atoms with Gasteiger partial charge < -0.3 is 16.2 Å². The van der Waals surface area contributed by atoms with Crippen LogP contribution in [0.15, 0.2) is 54.7 Å². The van der Waals surface area contributed by atoms with E-state index in [2.05, 4.69) is 20.7 Å². The minimum atomic E-state index is -4.74. The first kappa shape index (κ1) is 29.2. The summed E-state index contributed by atoms with van der Waals surface area (Å²) in [5, 5.41) is 20.6. The molecule has 3 heterocycles. The smallest absolute Gasteiger partial charge is 0.377 e. The van der Waals surface area contributed by atoms with E-state index < -0.39 is 54.0 Å². The maximum Gasteiger partial charge on any atom is 0.433 e. The number of nitrogens with zero attached hydrogens (tertiary/aromatic N) is 3. The van der Waals surface area contributed by atoms with Gasteiger partial charge in [-0.3, -0.25) is 19.8 Å². The Balaban J connectivity index is 1.53. The lowest BCUT2D eigenvalue weighted by Crippen LogP contribution is -2.39. The average molecular weight is 591 g/mol. The molecular weight excluding hydrogens is 566 g/mol. The van der Waals surface area contributed by atoms with Gasteiger partial charge >= 0.3 is 6.18 Å². The Bertz CT molecular complexity index is 1620. The van der Waals surface area contributed by atoms with E-state index in [-0.39, 0.29) is 47.6 Å². The molecule has 1 amide bonds. The molecular formula is C28H24F6N6O2. The Labute approximate surface area is 235 Å². The topological polar surface area (TPSA) is 118 Å². The Morgan fingerprint density at radius 1 is 1.10 bits per heavy atom. The van der Waals surface area contributed by atoms with Crippen LogP contribution in [0.4, 0.5) is 26.3 Å². The minimum Gasteiger partial charge on any atom is -0.377 e. The van der Waals surface area contributed by atoms with Crippen LogP contribution in [-0.4, -0.2) is 32.0 Å². The number of nitrogens with one attached hydrogen (secondary N) is 2. The van der Waals surface area contributed by atoms with Crippen molar-refractivity contribution in [1.82, 2.24) is 25.4 Å². The molecule has 8 nitrogen and oxygen atoms in total. The first-order valence-corrected chi connectivity index (χ1v) is 12.7. The number of nitrogens with two attached hydrogens (primary N) is 1. The molecule has 2 atom stereocenters. The Morgan fingerprint density at radius 2 is 1.83 bits per heavy atom. The fourth-order valence-corrected chi connectivity index (χ4v) is 5.10. The van der Waals surface area contributed by atoms with Crippen molar-refractivity contribution in [2.75, 3.05) is 0 Å². The highest BCUT2D eigenvalue weighted by molar-refractivity contribution is 5.94. The number of carbonyl (C=O) groups excluding carboxylic acids is 1. The van der Waals surface area contributed by atoms with Gasteiger partial charge in [0.1, 0.15) is 29.4 Å². The van der Waals surface area contributed by atoms with E-state index in [1.807, 2.05) is 0 Å². The molecule has 1 aliphatic heterocycles. The number of amides is 1. The van der Waals surface area contributed by atoms with Gasteiger partial charge in [-0.05, 0) is 47.9 Å². The summed E-state index contributed by atoms with van der Waals surface area (Å²) in [6.45, 7) is -0.491. The number of aromatic nitrogens is 3. The lowest BCUT2D eigenvalue weighted by molar-refractivity contribution is -0.145. The van der Waals surface area contributed by atoms with Crippen molar-refractivity contribution in [2.24, 2.45) is 5.73 Å². The number of rotatable bonds is 9. The molecule has 14 heteroatoms. The first-order chi connectivity index (χ1) is 19.9. The van der Waals surface area contributed by atoms with Crippen LogP contribution < -0.4 is 16.4 Å². The van der Waals surface area contributed by atoms with Crippen molar-refractivity contribution in [3.63, 3.8) is 0 Å². The van der Waals surface area contributed by atoms with Crippen molar-refractivity contribution < 1.29 is 36.2 Å². The van der Waals surface area contributed by atoms with Crippen molar-refractivity contribution in [1.29, 1.82) is 0 Å². The Morgan fingerprint density at radius 3 is 2.52 bits per heavy atom. The van der Waals surface area contributed by atoms with Crippen molar-refractivity contribution in [2.45, 2.75) is 44.5 Å². The second-order valence-electron chi connectivity index (χ2n) is 9.77. The summed E-state index contributed by atoms with van der Waals surface area (Å²) in [7, 11) is 0. The molecule has 2 aromatic carbocycles. The van der Waals surface area contributed by atoms with Crippen LogP contribution in [0, 0.1) is 17.5 Å². The second kappa shape index (κ2) is 11.5. The van der Waals surface area contributed by atoms with Gasteiger partial charge in [0.2, 0.25) is 0 Å². The summed E-state index contributed by atoms with van der Waals surface area (Å²) < 4.78 is 84.7. The molecule has 1 aliphatic rings. The summed E-state index contributed by atoms with van der Waals surface area (Å²) in [5.41, 5.74) is 5.15. The third kappa shape index (κ3) is 6.15. The SMILES string of the molecule is NC(=O)c1cc(-c2cccnc2[C@H](Cc2cc(F)cc(F)c2)NC(O)Cn2nc3c(c2C(F)(F)F)CNC3)ccc1F. The van der Waals surface area contributed by atoms with Crippen LogP contribution in [0.2, 0.25) is 0 Å². The number of carbonyl (C=O) groups is 1. The molecule has 0 saturated carbocycles.